The summed E-state index contributed by atoms with van der Waals surface area (Å²) < 4.78 is 0.785. The topological polar surface area (TPSA) is 23.6 Å². The van der Waals surface area contributed by atoms with Crippen molar-refractivity contribution in [1.29, 1.82) is 0 Å². The predicted octanol–water partition coefficient (Wildman–Crippen LogP) is 3.56. The summed E-state index contributed by atoms with van der Waals surface area (Å²) in [6, 6.07) is 3.95. The van der Waals surface area contributed by atoms with Crippen molar-refractivity contribution < 1.29 is 4.79 Å². The molecular weight excluding hydrogens is 312 g/mol. The Labute approximate surface area is 134 Å². The molecule has 112 valence electrons. The van der Waals surface area contributed by atoms with E-state index in [1.807, 2.05) is 17.0 Å². The van der Waals surface area contributed by atoms with Crippen molar-refractivity contribution >= 4 is 40.6 Å². The van der Waals surface area contributed by atoms with Crippen molar-refractivity contribution in [2.75, 3.05) is 32.9 Å². The van der Waals surface area contributed by atoms with E-state index in [-0.39, 0.29) is 16.7 Å². The second kappa shape index (κ2) is 6.26. The average Bonchev–Trinajstić information content (AvgIpc) is 2.85. The van der Waals surface area contributed by atoms with Crippen LogP contribution in [-0.4, -0.2) is 48.6 Å². The molecule has 0 bridgehead atoms. The second-order valence-electron chi connectivity index (χ2n) is 6.23. The summed E-state index contributed by atoms with van der Waals surface area (Å²) in [6.07, 6.45) is 0. The zero-order valence-electron chi connectivity index (χ0n) is 12.4. The van der Waals surface area contributed by atoms with Crippen LogP contribution >= 0.6 is 34.7 Å². The van der Waals surface area contributed by atoms with Crippen LogP contribution in [-0.2, 0) is 4.79 Å². The monoisotopic (exact) mass is 332 g/mol. The van der Waals surface area contributed by atoms with Crippen molar-refractivity contribution in [3.05, 3.63) is 21.3 Å². The molecule has 1 unspecified atom stereocenters. The number of thiophene rings is 1. The van der Waals surface area contributed by atoms with Gasteiger partial charge in [0.05, 0.1) is 10.1 Å². The van der Waals surface area contributed by atoms with E-state index in [0.29, 0.717) is 5.75 Å². The molecule has 1 saturated heterocycles. The number of amides is 1. The van der Waals surface area contributed by atoms with E-state index in [4.69, 9.17) is 11.6 Å². The highest BCUT2D eigenvalue weighted by Gasteiger charge is 2.37. The summed E-state index contributed by atoms with van der Waals surface area (Å²) >= 11 is 9.29. The number of thioether (sulfide) groups is 1. The van der Waals surface area contributed by atoms with Crippen molar-refractivity contribution in [3.63, 3.8) is 0 Å². The van der Waals surface area contributed by atoms with Crippen LogP contribution in [0, 0.1) is 5.41 Å². The van der Waals surface area contributed by atoms with E-state index in [9.17, 15) is 4.79 Å². The molecule has 1 aliphatic rings. The van der Waals surface area contributed by atoms with Gasteiger partial charge in [-0.2, -0.15) is 0 Å². The average molecular weight is 333 g/mol. The quantitative estimate of drug-likeness (QED) is 0.823. The van der Waals surface area contributed by atoms with E-state index < -0.39 is 0 Å². The molecule has 2 heterocycles. The van der Waals surface area contributed by atoms with Gasteiger partial charge in [-0.05, 0) is 31.6 Å². The fraction of sp³-hybridized carbons (Fsp3) is 0.643. The smallest absolute Gasteiger partial charge is 0.233 e. The van der Waals surface area contributed by atoms with E-state index >= 15 is 0 Å². The zero-order chi connectivity index (χ0) is 14.9. The molecular formula is C14H21ClN2OS2. The Morgan fingerprint density at radius 2 is 2.15 bits per heavy atom. The van der Waals surface area contributed by atoms with E-state index in [1.165, 1.54) is 4.88 Å². The minimum Gasteiger partial charge on any atom is -0.324 e. The summed E-state index contributed by atoms with van der Waals surface area (Å²) in [4.78, 5) is 17.5. The Balaban J connectivity index is 2.13. The molecule has 1 fully saturated rings. The van der Waals surface area contributed by atoms with Crippen LogP contribution in [0.1, 0.15) is 24.1 Å². The highest BCUT2D eigenvalue weighted by molar-refractivity contribution is 8.00. The maximum Gasteiger partial charge on any atom is 0.233 e. The number of hydrogen-bond donors (Lipinski definition) is 0. The van der Waals surface area contributed by atoms with Crippen LogP contribution in [0.25, 0.3) is 0 Å². The number of nitrogens with zero attached hydrogens (tertiary/aromatic N) is 2. The zero-order valence-corrected chi connectivity index (χ0v) is 14.7. The lowest BCUT2D eigenvalue weighted by Gasteiger charge is -2.34. The third-order valence-electron chi connectivity index (χ3n) is 3.15. The molecule has 20 heavy (non-hydrogen) atoms. The van der Waals surface area contributed by atoms with Gasteiger partial charge in [-0.3, -0.25) is 4.79 Å². The second-order valence-corrected chi connectivity index (χ2v) is 9.04. The molecule has 0 aromatic carbocycles. The largest absolute Gasteiger partial charge is 0.324 e. The predicted molar refractivity (Wildman–Crippen MR) is 88.6 cm³/mol. The molecule has 6 heteroatoms. The van der Waals surface area contributed by atoms with Gasteiger partial charge in [0.1, 0.15) is 5.37 Å². The molecule has 1 aromatic heterocycles. The molecule has 3 nitrogen and oxygen atoms in total. The first-order valence-corrected chi connectivity index (χ1v) is 8.84. The maximum atomic E-state index is 12.2. The van der Waals surface area contributed by atoms with E-state index in [0.717, 1.165) is 17.4 Å². The van der Waals surface area contributed by atoms with Crippen molar-refractivity contribution in [2.45, 2.75) is 19.2 Å². The van der Waals surface area contributed by atoms with Gasteiger partial charge in [-0.25, -0.2) is 0 Å². The molecule has 2 rings (SSSR count). The third-order valence-corrected chi connectivity index (χ3v) is 5.82. The molecule has 1 aromatic rings. The molecule has 1 aliphatic heterocycles. The summed E-state index contributed by atoms with van der Waals surface area (Å²) in [7, 11) is 4.14. The molecule has 0 saturated carbocycles. The van der Waals surface area contributed by atoms with Crippen LogP contribution in [0.5, 0.6) is 0 Å². The fourth-order valence-electron chi connectivity index (χ4n) is 2.69. The molecule has 0 N–H and O–H groups in total. The highest BCUT2D eigenvalue weighted by Crippen LogP contribution is 2.43. The molecule has 1 atom stereocenters. The van der Waals surface area contributed by atoms with Gasteiger partial charge in [0.15, 0.2) is 0 Å². The molecule has 1 amide bonds. The first-order chi connectivity index (χ1) is 9.28. The van der Waals surface area contributed by atoms with Crippen LogP contribution in [0.3, 0.4) is 0 Å². The van der Waals surface area contributed by atoms with Gasteiger partial charge in [-0.15, -0.1) is 23.1 Å². The van der Waals surface area contributed by atoms with Gasteiger partial charge in [0.25, 0.3) is 0 Å². The minimum absolute atomic E-state index is 0.0728. The highest BCUT2D eigenvalue weighted by atomic mass is 35.5. The number of hydrogen-bond acceptors (Lipinski definition) is 4. The van der Waals surface area contributed by atoms with Crippen LogP contribution in [0.2, 0.25) is 4.34 Å². The Hall–Kier alpha value is -0.230. The van der Waals surface area contributed by atoms with Crippen molar-refractivity contribution in [1.82, 2.24) is 9.80 Å². The van der Waals surface area contributed by atoms with Crippen LogP contribution in [0.4, 0.5) is 0 Å². The lowest BCUT2D eigenvalue weighted by molar-refractivity contribution is -0.129. The first-order valence-electron chi connectivity index (χ1n) is 6.59. The Morgan fingerprint density at radius 1 is 1.45 bits per heavy atom. The summed E-state index contributed by atoms with van der Waals surface area (Å²) in [6.45, 7) is 6.15. The van der Waals surface area contributed by atoms with Gasteiger partial charge >= 0.3 is 0 Å². The van der Waals surface area contributed by atoms with Gasteiger partial charge in [-0.1, -0.05) is 25.4 Å². The van der Waals surface area contributed by atoms with Crippen LogP contribution < -0.4 is 0 Å². The van der Waals surface area contributed by atoms with Gasteiger partial charge in [0, 0.05) is 18.0 Å². The lowest BCUT2D eigenvalue weighted by atomic mass is 9.92. The van der Waals surface area contributed by atoms with Gasteiger partial charge in [0.2, 0.25) is 5.91 Å². The molecule has 0 radical (unpaired) electrons. The fourth-order valence-corrected chi connectivity index (χ4v) is 5.17. The first kappa shape index (κ1) is 16.1. The lowest BCUT2D eigenvalue weighted by Crippen LogP contribution is -2.41. The number of halogens is 1. The van der Waals surface area contributed by atoms with Crippen molar-refractivity contribution in [3.8, 4) is 0 Å². The maximum absolute atomic E-state index is 12.2. The SMILES string of the molecule is CN(C)CC(C)(C)CN1C(=O)CSC1c1ccc(Cl)s1. The Bertz CT molecular complexity index is 487. The van der Waals surface area contributed by atoms with Crippen LogP contribution in [0.15, 0.2) is 12.1 Å². The normalized spacial score (nSPS) is 20.2. The summed E-state index contributed by atoms with van der Waals surface area (Å²) in [5.41, 5.74) is 0.0728. The number of carbonyl (C=O) groups excluding carboxylic acids is 1. The minimum atomic E-state index is 0.0728. The third kappa shape index (κ3) is 3.91. The number of carbonyl (C=O) groups is 1. The standard InChI is InChI=1S/C14H21ClN2OS2/c1-14(2,8-16(3)4)9-17-12(18)7-19-13(17)10-5-6-11(15)20-10/h5-6,13H,7-9H2,1-4H3. The summed E-state index contributed by atoms with van der Waals surface area (Å²) in [5.74, 6) is 0.800. The Morgan fingerprint density at radius 3 is 2.70 bits per heavy atom. The van der Waals surface area contributed by atoms with E-state index in [1.54, 1.807) is 23.1 Å². The van der Waals surface area contributed by atoms with Gasteiger partial charge < -0.3 is 9.80 Å². The Kier molecular flexibility index (Phi) is 5.05. The molecule has 0 aliphatic carbocycles. The van der Waals surface area contributed by atoms with Crippen molar-refractivity contribution in [2.24, 2.45) is 5.41 Å². The number of rotatable bonds is 5. The van der Waals surface area contributed by atoms with E-state index in [2.05, 4.69) is 32.8 Å². The molecule has 0 spiro atoms. The summed E-state index contributed by atoms with van der Waals surface area (Å²) in [5, 5.41) is 0.126.